The Morgan fingerprint density at radius 2 is 1.68 bits per heavy atom. The highest BCUT2D eigenvalue weighted by molar-refractivity contribution is 7.80. The van der Waals surface area contributed by atoms with E-state index >= 15 is 0 Å². The van der Waals surface area contributed by atoms with Gasteiger partial charge in [0, 0.05) is 56.5 Å². The molecule has 3 atom stereocenters. The molecule has 3 aliphatic heterocycles. The van der Waals surface area contributed by atoms with Crippen LogP contribution in [0.25, 0.3) is 0 Å². The van der Waals surface area contributed by atoms with Gasteiger partial charge in [-0.25, -0.2) is 0 Å². The molecule has 0 bridgehead atoms. The average molecular weight is 810 g/mol. The molecule has 1 saturated carbocycles. The summed E-state index contributed by atoms with van der Waals surface area (Å²) in [6.07, 6.45) is -0.101. The van der Waals surface area contributed by atoms with Gasteiger partial charge in [0.15, 0.2) is 5.11 Å². The fourth-order valence-electron chi connectivity index (χ4n) is 8.80. The summed E-state index contributed by atoms with van der Waals surface area (Å²) >= 11 is 5.73. The maximum absolute atomic E-state index is 13.7. The first-order valence-corrected chi connectivity index (χ1v) is 20.0. The molecule has 3 saturated heterocycles. The normalized spacial score (nSPS) is 26.0. The zero-order valence-electron chi connectivity index (χ0n) is 32.7. The summed E-state index contributed by atoms with van der Waals surface area (Å²) in [6.45, 7) is 11.1. The second kappa shape index (κ2) is 17.2. The first kappa shape index (κ1) is 42.2. The van der Waals surface area contributed by atoms with Gasteiger partial charge in [-0.2, -0.15) is 18.4 Å². The molecule has 3 heterocycles. The van der Waals surface area contributed by atoms with Gasteiger partial charge in [-0.15, -0.1) is 0 Å². The molecule has 12 nitrogen and oxygen atoms in total. The molecule has 4 fully saturated rings. The van der Waals surface area contributed by atoms with Crippen LogP contribution in [-0.2, 0) is 30.1 Å². The Kier molecular flexibility index (Phi) is 12.7. The van der Waals surface area contributed by atoms with Crippen LogP contribution in [0.4, 0.5) is 24.5 Å². The number of nitrogens with one attached hydrogen (secondary N) is 2. The number of anilines is 2. The fourth-order valence-corrected chi connectivity index (χ4v) is 9.36. The molecule has 6 rings (SSSR count). The highest BCUT2D eigenvalue weighted by Gasteiger charge is 2.52. The van der Waals surface area contributed by atoms with Crippen molar-refractivity contribution in [3.63, 3.8) is 0 Å². The van der Waals surface area contributed by atoms with Crippen LogP contribution in [0.1, 0.15) is 95.2 Å². The van der Waals surface area contributed by atoms with Crippen LogP contribution in [0.3, 0.4) is 0 Å². The summed E-state index contributed by atoms with van der Waals surface area (Å²) in [5.41, 5.74) is -1.22. The van der Waals surface area contributed by atoms with Crippen molar-refractivity contribution in [2.24, 2.45) is 0 Å². The number of piperidine rings is 1. The maximum Gasteiger partial charge on any atom is 0.417 e. The van der Waals surface area contributed by atoms with E-state index in [1.54, 1.807) is 32.0 Å². The first-order chi connectivity index (χ1) is 27.0. The number of rotatable bonds is 11. The van der Waals surface area contributed by atoms with Crippen LogP contribution in [0.15, 0.2) is 42.5 Å². The van der Waals surface area contributed by atoms with Crippen LogP contribution in [0, 0.1) is 11.3 Å². The molecule has 2 N–H and O–H groups in total. The van der Waals surface area contributed by atoms with Gasteiger partial charge in [-0.3, -0.25) is 34.3 Å². The highest BCUT2D eigenvalue weighted by atomic mass is 32.1. The summed E-state index contributed by atoms with van der Waals surface area (Å²) in [6, 6.07) is 12.3. The van der Waals surface area contributed by atoms with E-state index in [9.17, 15) is 37.6 Å². The molecule has 0 radical (unpaired) electrons. The van der Waals surface area contributed by atoms with Gasteiger partial charge in [0.1, 0.15) is 5.54 Å². The average Bonchev–Trinajstić information content (AvgIpc) is 3.33. The van der Waals surface area contributed by atoms with E-state index in [4.69, 9.17) is 17.0 Å². The number of benzene rings is 2. The minimum Gasteiger partial charge on any atom is -0.378 e. The molecule has 306 valence electrons. The molecule has 57 heavy (non-hydrogen) atoms. The van der Waals surface area contributed by atoms with E-state index in [0.717, 1.165) is 74.3 Å². The van der Waals surface area contributed by atoms with Crippen molar-refractivity contribution in [1.82, 2.24) is 20.0 Å². The third-order valence-electron chi connectivity index (χ3n) is 11.7. The number of thiocarbonyl (C=S) groups is 1. The number of piperazine rings is 1. The van der Waals surface area contributed by atoms with Gasteiger partial charge in [0.25, 0.3) is 5.91 Å². The predicted octanol–water partition coefficient (Wildman–Crippen LogP) is 5.56. The lowest BCUT2D eigenvalue weighted by Gasteiger charge is -2.44. The van der Waals surface area contributed by atoms with E-state index < -0.39 is 28.7 Å². The summed E-state index contributed by atoms with van der Waals surface area (Å²) in [7, 11) is 0. The van der Waals surface area contributed by atoms with Crippen molar-refractivity contribution < 1.29 is 37.1 Å². The Morgan fingerprint density at radius 3 is 2.30 bits per heavy atom. The number of halogens is 3. The van der Waals surface area contributed by atoms with Gasteiger partial charge in [-0.1, -0.05) is 12.1 Å². The largest absolute Gasteiger partial charge is 0.417 e. The molecule has 0 aromatic heterocycles. The van der Waals surface area contributed by atoms with E-state index in [1.807, 2.05) is 17.0 Å². The lowest BCUT2D eigenvalue weighted by molar-refractivity contribution is -0.138. The standard InChI is InChI=1S/C41H50F3N7O5S/c1-25-22-48(23-26(2)49(25)24-36(53)46-29-9-6-27(7-10-29)33-16-17-35(52)47-37(33)54)18-5-19-56-32-14-12-30(13-15-32)51-39(57)50(38(55)40(51,3)4)31-11-8-28(21-45)34(20-31)41(42,43)44/h6-11,20,25-26,30,32-33H,5,12-19,22-24H2,1-4H3,(H,46,53)(H,47,52,54)/t25-,26+,30?,32?,33?. The summed E-state index contributed by atoms with van der Waals surface area (Å²) < 4.78 is 47.4. The van der Waals surface area contributed by atoms with Crippen molar-refractivity contribution in [2.45, 2.75) is 115 Å². The summed E-state index contributed by atoms with van der Waals surface area (Å²) in [5.74, 6) is -1.43. The van der Waals surface area contributed by atoms with Crippen molar-refractivity contribution in [3.8, 4) is 6.07 Å². The first-order valence-electron chi connectivity index (χ1n) is 19.6. The van der Waals surface area contributed by atoms with E-state index in [-0.39, 0.29) is 65.2 Å². The topological polar surface area (TPSA) is 138 Å². The predicted molar refractivity (Wildman–Crippen MR) is 211 cm³/mol. The highest BCUT2D eigenvalue weighted by Crippen LogP contribution is 2.41. The minimum atomic E-state index is -4.76. The third kappa shape index (κ3) is 9.33. The number of carbonyl (C=O) groups is 4. The number of carbonyl (C=O) groups excluding carboxylic acids is 4. The summed E-state index contributed by atoms with van der Waals surface area (Å²) in [5, 5.41) is 14.7. The second-order valence-corrected chi connectivity index (χ2v) is 16.5. The molecule has 1 unspecified atom stereocenters. The quantitative estimate of drug-likeness (QED) is 0.169. The van der Waals surface area contributed by atoms with Crippen molar-refractivity contribution >= 4 is 52.3 Å². The Hall–Kier alpha value is -4.43. The Bertz CT molecular complexity index is 1900. The number of amides is 4. The SMILES string of the molecule is C[C@@H]1CN(CCCOC2CCC(N3C(=S)N(c4ccc(C#N)c(C(F)(F)F)c4)C(=O)C3(C)C)CC2)C[C@H](C)N1CC(=O)Nc1ccc(C2CCC(=O)NC2=O)cc1. The molecule has 0 spiro atoms. The molecular formula is C41H50F3N7O5S. The zero-order chi connectivity index (χ0) is 41.2. The molecule has 16 heteroatoms. The van der Waals surface area contributed by atoms with Crippen molar-refractivity contribution in [3.05, 3.63) is 59.2 Å². The van der Waals surface area contributed by atoms with Gasteiger partial charge in [0.2, 0.25) is 17.7 Å². The molecule has 2 aromatic rings. The zero-order valence-corrected chi connectivity index (χ0v) is 33.5. The third-order valence-corrected chi connectivity index (χ3v) is 12.1. The molecule has 2 aromatic carbocycles. The molecule has 4 aliphatic rings. The maximum atomic E-state index is 13.7. The Balaban J connectivity index is 0.918. The second-order valence-electron chi connectivity index (χ2n) is 16.2. The van der Waals surface area contributed by atoms with Crippen LogP contribution >= 0.6 is 12.2 Å². The Labute approximate surface area is 336 Å². The lowest BCUT2D eigenvalue weighted by Crippen LogP contribution is -2.58. The van der Waals surface area contributed by atoms with Crippen LogP contribution in [-0.4, -0.2) is 106 Å². The van der Waals surface area contributed by atoms with Crippen LogP contribution in [0.5, 0.6) is 0 Å². The van der Waals surface area contributed by atoms with Crippen LogP contribution in [0.2, 0.25) is 0 Å². The smallest absolute Gasteiger partial charge is 0.378 e. The van der Waals surface area contributed by atoms with E-state index in [2.05, 4.69) is 34.3 Å². The molecule has 4 amide bonds. The number of nitrogens with zero attached hydrogens (tertiary/aromatic N) is 5. The number of imide groups is 1. The number of nitriles is 1. The lowest BCUT2D eigenvalue weighted by atomic mass is 9.89. The van der Waals surface area contributed by atoms with Crippen molar-refractivity contribution in [1.29, 1.82) is 5.26 Å². The van der Waals surface area contributed by atoms with Crippen LogP contribution < -0.4 is 15.5 Å². The van der Waals surface area contributed by atoms with Crippen molar-refractivity contribution in [2.75, 3.05) is 43.0 Å². The monoisotopic (exact) mass is 809 g/mol. The number of hydrogen-bond donors (Lipinski definition) is 2. The minimum absolute atomic E-state index is 0.00710. The number of alkyl halides is 3. The molecule has 1 aliphatic carbocycles. The number of hydrogen-bond acceptors (Lipinski definition) is 9. The summed E-state index contributed by atoms with van der Waals surface area (Å²) in [4.78, 5) is 58.0. The fraction of sp³-hybridized carbons (Fsp3) is 0.561. The molecular weight excluding hydrogens is 760 g/mol. The van der Waals surface area contributed by atoms with Gasteiger partial charge in [0.05, 0.1) is 41.5 Å². The van der Waals surface area contributed by atoms with E-state index in [0.29, 0.717) is 25.1 Å². The number of ether oxygens (including phenoxy) is 1. The van der Waals surface area contributed by atoms with E-state index in [1.165, 1.54) is 6.07 Å². The Morgan fingerprint density at radius 1 is 1.02 bits per heavy atom. The van der Waals surface area contributed by atoms with Gasteiger partial charge in [-0.05, 0) is 114 Å². The van der Waals surface area contributed by atoms with Gasteiger partial charge < -0.3 is 19.9 Å². The van der Waals surface area contributed by atoms with Gasteiger partial charge >= 0.3 is 6.18 Å².